The Morgan fingerprint density at radius 1 is 1.10 bits per heavy atom. The van der Waals surface area contributed by atoms with Gasteiger partial charge in [-0.3, -0.25) is 4.79 Å². The van der Waals surface area contributed by atoms with Gasteiger partial charge in [0.25, 0.3) is 5.91 Å². The molecule has 0 aliphatic rings. The van der Waals surface area contributed by atoms with Gasteiger partial charge >= 0.3 is 0 Å². The number of carbonyl (C=O) groups excluding carboxylic acids is 1. The molecule has 0 saturated carbocycles. The Kier molecular flexibility index (Phi) is 9.60. The maximum absolute atomic E-state index is 12.3. The van der Waals surface area contributed by atoms with E-state index in [4.69, 9.17) is 75.0 Å². The van der Waals surface area contributed by atoms with Crippen molar-refractivity contribution < 1.29 is 9.53 Å². The van der Waals surface area contributed by atoms with Crippen LogP contribution in [0.25, 0.3) is 0 Å². The lowest BCUT2D eigenvalue weighted by Crippen LogP contribution is -2.57. The van der Waals surface area contributed by atoms with Crippen LogP contribution in [0.5, 0.6) is 5.75 Å². The zero-order valence-electron chi connectivity index (χ0n) is 15.6. The lowest BCUT2D eigenvalue weighted by atomic mass is 10.2. The highest BCUT2D eigenvalue weighted by atomic mass is 35.6. The van der Waals surface area contributed by atoms with Crippen molar-refractivity contribution in [3.05, 3.63) is 58.1 Å². The summed E-state index contributed by atoms with van der Waals surface area (Å²) in [6.07, 6.45) is -0.223. The third kappa shape index (κ3) is 8.17. The van der Waals surface area contributed by atoms with Crippen LogP contribution in [0.2, 0.25) is 10.0 Å². The number of rotatable bonds is 7. The molecule has 2 rings (SSSR count). The predicted octanol–water partition coefficient (Wildman–Crippen LogP) is 5.73. The maximum atomic E-state index is 12.3. The van der Waals surface area contributed by atoms with Gasteiger partial charge in [-0.15, -0.1) is 0 Å². The van der Waals surface area contributed by atoms with Gasteiger partial charge in [0.2, 0.25) is 3.79 Å². The van der Waals surface area contributed by atoms with E-state index in [9.17, 15) is 4.79 Å². The number of anilines is 1. The third-order valence-electron chi connectivity index (χ3n) is 3.79. The molecule has 1 amide bonds. The molecule has 0 saturated heterocycles. The Morgan fingerprint density at radius 3 is 2.33 bits per heavy atom. The SMILES string of the molecule is CCc1ccc(OCC(=O)N[C@@H](NC(=S)Nc2ccc(Cl)cc2Cl)C(Cl)(Cl)Cl)cc1. The van der Waals surface area contributed by atoms with Gasteiger partial charge in [0.05, 0.1) is 10.7 Å². The monoisotopic (exact) mass is 527 g/mol. The molecule has 5 nitrogen and oxygen atoms in total. The summed E-state index contributed by atoms with van der Waals surface area (Å²) in [6.45, 7) is 1.78. The number of amides is 1. The zero-order chi connectivity index (χ0) is 22.3. The standard InChI is InChI=1S/C19H18Cl5N3O2S/c1-2-11-3-6-13(7-4-11)29-10-16(28)26-17(19(22,23)24)27-18(30)25-15-8-5-12(20)9-14(15)21/h3-9,17H,2,10H2,1H3,(H,26,28)(H2,25,27,30)/t17-/m0/s1. The van der Waals surface area contributed by atoms with Crippen LogP contribution in [0.3, 0.4) is 0 Å². The van der Waals surface area contributed by atoms with Crippen LogP contribution >= 0.6 is 70.2 Å². The van der Waals surface area contributed by atoms with Crippen molar-refractivity contribution in [1.82, 2.24) is 10.6 Å². The maximum Gasteiger partial charge on any atom is 0.259 e. The van der Waals surface area contributed by atoms with Crippen molar-refractivity contribution in [2.24, 2.45) is 0 Å². The van der Waals surface area contributed by atoms with E-state index in [-0.39, 0.29) is 11.7 Å². The Labute approximate surface area is 205 Å². The summed E-state index contributed by atoms with van der Waals surface area (Å²) in [5.41, 5.74) is 1.65. The van der Waals surface area contributed by atoms with Gasteiger partial charge in [-0.2, -0.15) is 0 Å². The summed E-state index contributed by atoms with van der Waals surface area (Å²) >= 11 is 35.1. The number of thiocarbonyl (C=S) groups is 1. The molecule has 0 heterocycles. The number of hydrogen-bond donors (Lipinski definition) is 3. The Bertz CT molecular complexity index is 891. The summed E-state index contributed by atoms with van der Waals surface area (Å²) in [7, 11) is 0. The number of alkyl halides is 3. The van der Waals surface area contributed by atoms with Crippen molar-refractivity contribution in [3.8, 4) is 5.75 Å². The minimum atomic E-state index is -1.89. The van der Waals surface area contributed by atoms with Crippen LogP contribution in [0.4, 0.5) is 5.69 Å². The van der Waals surface area contributed by atoms with Gasteiger partial charge in [0.1, 0.15) is 11.9 Å². The minimum Gasteiger partial charge on any atom is -0.484 e. The fraction of sp³-hybridized carbons (Fsp3) is 0.263. The molecule has 0 fully saturated rings. The van der Waals surface area contributed by atoms with Crippen molar-refractivity contribution in [1.29, 1.82) is 0 Å². The van der Waals surface area contributed by atoms with Crippen LogP contribution in [-0.2, 0) is 11.2 Å². The number of hydrogen-bond acceptors (Lipinski definition) is 3. The van der Waals surface area contributed by atoms with Crippen LogP contribution in [0.1, 0.15) is 12.5 Å². The van der Waals surface area contributed by atoms with Gasteiger partial charge in [0, 0.05) is 5.02 Å². The lowest BCUT2D eigenvalue weighted by molar-refractivity contribution is -0.123. The molecule has 30 heavy (non-hydrogen) atoms. The fourth-order valence-electron chi connectivity index (χ4n) is 2.25. The molecule has 2 aromatic carbocycles. The largest absolute Gasteiger partial charge is 0.484 e. The van der Waals surface area contributed by atoms with Crippen LogP contribution in [0.15, 0.2) is 42.5 Å². The average molecular weight is 530 g/mol. The Balaban J connectivity index is 1.94. The van der Waals surface area contributed by atoms with E-state index < -0.39 is 15.9 Å². The lowest BCUT2D eigenvalue weighted by Gasteiger charge is -2.27. The van der Waals surface area contributed by atoms with E-state index in [0.717, 1.165) is 12.0 Å². The summed E-state index contributed by atoms with van der Waals surface area (Å²) < 4.78 is 3.57. The molecule has 0 radical (unpaired) electrons. The number of ether oxygens (including phenoxy) is 1. The normalized spacial score (nSPS) is 12.1. The summed E-state index contributed by atoms with van der Waals surface area (Å²) in [6, 6.07) is 12.2. The smallest absolute Gasteiger partial charge is 0.259 e. The fourth-order valence-corrected chi connectivity index (χ4v) is 3.26. The van der Waals surface area contributed by atoms with Crippen molar-refractivity contribution in [2.45, 2.75) is 23.3 Å². The van der Waals surface area contributed by atoms with E-state index >= 15 is 0 Å². The molecular formula is C19H18Cl5N3O2S. The van der Waals surface area contributed by atoms with Gasteiger partial charge < -0.3 is 20.7 Å². The first-order valence-corrected chi connectivity index (χ1v) is 11.0. The van der Waals surface area contributed by atoms with E-state index in [1.165, 1.54) is 0 Å². The second kappa shape index (κ2) is 11.5. The highest BCUT2D eigenvalue weighted by molar-refractivity contribution is 7.80. The van der Waals surface area contributed by atoms with Crippen molar-refractivity contribution >= 4 is 86.9 Å². The highest BCUT2D eigenvalue weighted by Crippen LogP contribution is 2.30. The van der Waals surface area contributed by atoms with E-state index in [1.807, 2.05) is 19.1 Å². The molecule has 0 unspecified atom stereocenters. The number of nitrogens with one attached hydrogen (secondary N) is 3. The molecule has 11 heteroatoms. The molecule has 162 valence electrons. The minimum absolute atomic E-state index is 0.0759. The average Bonchev–Trinajstić information content (AvgIpc) is 2.67. The van der Waals surface area contributed by atoms with Crippen molar-refractivity contribution in [3.63, 3.8) is 0 Å². The Morgan fingerprint density at radius 2 is 1.77 bits per heavy atom. The number of benzene rings is 2. The first kappa shape index (κ1) is 25.1. The highest BCUT2D eigenvalue weighted by Gasteiger charge is 2.34. The molecule has 3 N–H and O–H groups in total. The third-order valence-corrected chi connectivity index (χ3v) is 5.21. The van der Waals surface area contributed by atoms with Gasteiger partial charge in [-0.05, 0) is 54.5 Å². The summed E-state index contributed by atoms with van der Waals surface area (Å²) in [5.74, 6) is 0.0426. The van der Waals surface area contributed by atoms with E-state index in [1.54, 1.807) is 30.3 Å². The Hall–Kier alpha value is -1.15. The van der Waals surface area contributed by atoms with E-state index in [2.05, 4.69) is 16.0 Å². The van der Waals surface area contributed by atoms with Crippen LogP contribution in [0, 0.1) is 0 Å². The first-order valence-electron chi connectivity index (χ1n) is 8.69. The van der Waals surface area contributed by atoms with Crippen LogP contribution < -0.4 is 20.7 Å². The summed E-state index contributed by atoms with van der Waals surface area (Å²) in [4.78, 5) is 12.3. The second-order valence-electron chi connectivity index (χ2n) is 6.05. The predicted molar refractivity (Wildman–Crippen MR) is 129 cm³/mol. The van der Waals surface area contributed by atoms with Crippen LogP contribution in [-0.4, -0.2) is 27.6 Å². The molecular weight excluding hydrogens is 512 g/mol. The number of carbonyl (C=O) groups is 1. The molecule has 0 aliphatic heterocycles. The van der Waals surface area contributed by atoms with Gasteiger partial charge in [-0.25, -0.2) is 0 Å². The number of halogens is 5. The van der Waals surface area contributed by atoms with Crippen molar-refractivity contribution in [2.75, 3.05) is 11.9 Å². The van der Waals surface area contributed by atoms with E-state index in [0.29, 0.717) is 21.5 Å². The molecule has 0 aromatic heterocycles. The van der Waals surface area contributed by atoms with Gasteiger partial charge in [0.15, 0.2) is 11.7 Å². The quantitative estimate of drug-likeness (QED) is 0.243. The van der Waals surface area contributed by atoms with Gasteiger partial charge in [-0.1, -0.05) is 77.1 Å². The zero-order valence-corrected chi connectivity index (χ0v) is 20.2. The second-order valence-corrected chi connectivity index (χ2v) is 9.67. The molecule has 1 atom stereocenters. The number of aryl methyl sites for hydroxylation is 1. The molecule has 0 spiro atoms. The molecule has 0 bridgehead atoms. The molecule has 2 aromatic rings. The topological polar surface area (TPSA) is 62.4 Å². The first-order chi connectivity index (χ1) is 14.1. The molecule has 0 aliphatic carbocycles. The summed E-state index contributed by atoms with van der Waals surface area (Å²) in [5, 5.41) is 9.03.